The van der Waals surface area contributed by atoms with Gasteiger partial charge in [-0.25, -0.2) is 0 Å². The summed E-state index contributed by atoms with van der Waals surface area (Å²) in [6.07, 6.45) is 3.97. The van der Waals surface area contributed by atoms with Gasteiger partial charge in [0.1, 0.15) is 0 Å². The third-order valence-electron chi connectivity index (χ3n) is 3.21. The first-order valence-corrected chi connectivity index (χ1v) is 7.92. The van der Waals surface area contributed by atoms with Crippen molar-refractivity contribution in [2.45, 2.75) is 24.2 Å². The quantitative estimate of drug-likeness (QED) is 0.659. The lowest BCUT2D eigenvalue weighted by Gasteiger charge is -2.22. The van der Waals surface area contributed by atoms with E-state index >= 15 is 0 Å². The van der Waals surface area contributed by atoms with Crippen molar-refractivity contribution >= 4 is 33.4 Å². The summed E-state index contributed by atoms with van der Waals surface area (Å²) in [4.78, 5) is 1.21. The maximum absolute atomic E-state index is 5.98. The van der Waals surface area contributed by atoms with Crippen LogP contribution < -0.4 is 11.1 Å². The molecule has 1 aromatic carbocycles. The van der Waals surface area contributed by atoms with E-state index in [2.05, 4.69) is 33.4 Å². The molecule has 2 rings (SSSR count). The maximum Gasteiger partial charge on any atom is 0.0463 e. The number of hydrogen-bond acceptors (Lipinski definition) is 3. The number of thioether (sulfide) groups is 1. The average Bonchev–Trinajstić information content (AvgIpc) is 2.33. The predicted octanol–water partition coefficient (Wildman–Crippen LogP) is 3.51. The van der Waals surface area contributed by atoms with E-state index < -0.39 is 0 Å². The maximum atomic E-state index is 5.98. The second-order valence-electron chi connectivity index (χ2n) is 4.51. The van der Waals surface area contributed by atoms with Gasteiger partial charge in [0.2, 0.25) is 0 Å². The Kier molecular flexibility index (Phi) is 5.19. The first-order valence-electron chi connectivity index (χ1n) is 6.14. The molecule has 3 N–H and O–H groups in total. The molecule has 1 saturated heterocycles. The number of nitrogens with two attached hydrogens (primary N) is 1. The van der Waals surface area contributed by atoms with Gasteiger partial charge in [-0.3, -0.25) is 0 Å². The predicted molar refractivity (Wildman–Crippen MR) is 79.5 cm³/mol. The van der Waals surface area contributed by atoms with Crippen LogP contribution in [0.25, 0.3) is 0 Å². The molecule has 0 aliphatic carbocycles. The van der Waals surface area contributed by atoms with Crippen LogP contribution in [0.4, 0.5) is 5.69 Å². The normalized spacial score (nSPS) is 17.2. The number of anilines is 1. The van der Waals surface area contributed by atoms with Crippen LogP contribution in [-0.2, 0) is 0 Å². The highest BCUT2D eigenvalue weighted by atomic mass is 79.9. The second kappa shape index (κ2) is 6.66. The van der Waals surface area contributed by atoms with E-state index in [9.17, 15) is 0 Å². The lowest BCUT2D eigenvalue weighted by Crippen LogP contribution is -2.27. The number of nitrogens with one attached hydrogen (secondary N) is 1. The van der Waals surface area contributed by atoms with Gasteiger partial charge in [-0.15, -0.1) is 11.8 Å². The Bertz CT molecular complexity index is 364. The number of hydrogen-bond donors (Lipinski definition) is 2. The monoisotopic (exact) mass is 314 g/mol. The molecule has 1 heterocycles. The van der Waals surface area contributed by atoms with E-state index in [4.69, 9.17) is 5.73 Å². The molecule has 0 atom stereocenters. The minimum absolute atomic E-state index is 0.884. The Morgan fingerprint density at radius 1 is 1.35 bits per heavy atom. The van der Waals surface area contributed by atoms with Crippen molar-refractivity contribution < 1.29 is 0 Å². The summed E-state index contributed by atoms with van der Waals surface area (Å²) in [7, 11) is 0. The zero-order chi connectivity index (χ0) is 12.1. The van der Waals surface area contributed by atoms with Gasteiger partial charge in [0.25, 0.3) is 0 Å². The fourth-order valence-corrected chi connectivity index (χ4v) is 3.60. The topological polar surface area (TPSA) is 38.0 Å². The minimum atomic E-state index is 0.884. The summed E-state index contributed by atoms with van der Waals surface area (Å²) in [6, 6.07) is 6.14. The van der Waals surface area contributed by atoms with Crippen molar-refractivity contribution in [1.29, 1.82) is 0 Å². The number of piperidine rings is 1. The molecule has 0 unspecified atom stereocenters. The van der Waals surface area contributed by atoms with Gasteiger partial charge >= 0.3 is 0 Å². The van der Waals surface area contributed by atoms with Crippen LogP contribution >= 0.6 is 27.7 Å². The molecule has 1 aliphatic heterocycles. The van der Waals surface area contributed by atoms with Gasteiger partial charge in [-0.05, 0) is 62.2 Å². The van der Waals surface area contributed by atoms with Gasteiger partial charge in [-0.2, -0.15) is 0 Å². The standard InChI is InChI=1S/C13H19BrN2S/c14-11-1-2-13(12(15)9-11)17-8-5-10-3-6-16-7-4-10/h1-2,9-10,16H,3-8,15H2. The summed E-state index contributed by atoms with van der Waals surface area (Å²) >= 11 is 5.31. The summed E-state index contributed by atoms with van der Waals surface area (Å²) < 4.78 is 1.05. The molecule has 0 amide bonds. The van der Waals surface area contributed by atoms with Crippen LogP contribution in [0.15, 0.2) is 27.6 Å². The summed E-state index contributed by atoms with van der Waals surface area (Å²) in [5, 5.41) is 3.41. The van der Waals surface area contributed by atoms with Crippen molar-refractivity contribution in [3.8, 4) is 0 Å². The lowest BCUT2D eigenvalue weighted by molar-refractivity contribution is 0.367. The molecule has 94 valence electrons. The fourth-order valence-electron chi connectivity index (χ4n) is 2.16. The molecule has 0 saturated carbocycles. The van der Waals surface area contributed by atoms with E-state index in [1.165, 1.54) is 43.0 Å². The molecular weight excluding hydrogens is 296 g/mol. The third kappa shape index (κ3) is 4.19. The van der Waals surface area contributed by atoms with Gasteiger partial charge < -0.3 is 11.1 Å². The number of halogens is 1. The van der Waals surface area contributed by atoms with Gasteiger partial charge in [0.15, 0.2) is 0 Å². The Hall–Kier alpha value is -0.190. The third-order valence-corrected chi connectivity index (χ3v) is 4.83. The van der Waals surface area contributed by atoms with E-state index in [0.717, 1.165) is 16.1 Å². The molecule has 0 spiro atoms. The van der Waals surface area contributed by atoms with Crippen molar-refractivity contribution in [3.05, 3.63) is 22.7 Å². The zero-order valence-electron chi connectivity index (χ0n) is 9.92. The highest BCUT2D eigenvalue weighted by Gasteiger charge is 2.12. The second-order valence-corrected chi connectivity index (χ2v) is 6.57. The Balaban J connectivity index is 1.77. The molecule has 0 bridgehead atoms. The molecule has 0 aromatic heterocycles. The van der Waals surface area contributed by atoms with Crippen LogP contribution in [-0.4, -0.2) is 18.8 Å². The Morgan fingerprint density at radius 3 is 2.82 bits per heavy atom. The smallest absolute Gasteiger partial charge is 0.0463 e. The summed E-state index contributed by atoms with van der Waals surface area (Å²) in [6.45, 7) is 2.38. The average molecular weight is 315 g/mol. The SMILES string of the molecule is Nc1cc(Br)ccc1SCCC1CCNCC1. The van der Waals surface area contributed by atoms with Crippen LogP contribution in [0.3, 0.4) is 0 Å². The van der Waals surface area contributed by atoms with Crippen LogP contribution in [0.1, 0.15) is 19.3 Å². The summed E-state index contributed by atoms with van der Waals surface area (Å²) in [5.41, 5.74) is 6.86. The highest BCUT2D eigenvalue weighted by Crippen LogP contribution is 2.29. The first kappa shape index (κ1) is 13.2. The van der Waals surface area contributed by atoms with E-state index in [1.54, 1.807) is 0 Å². The van der Waals surface area contributed by atoms with Crippen molar-refractivity contribution in [1.82, 2.24) is 5.32 Å². The van der Waals surface area contributed by atoms with Gasteiger partial charge in [-0.1, -0.05) is 15.9 Å². The van der Waals surface area contributed by atoms with E-state index in [1.807, 2.05) is 17.8 Å². The fraction of sp³-hybridized carbons (Fsp3) is 0.538. The minimum Gasteiger partial charge on any atom is -0.398 e. The molecule has 0 radical (unpaired) electrons. The van der Waals surface area contributed by atoms with Crippen molar-refractivity contribution in [3.63, 3.8) is 0 Å². The van der Waals surface area contributed by atoms with Crippen LogP contribution in [0.5, 0.6) is 0 Å². The van der Waals surface area contributed by atoms with Gasteiger partial charge in [0.05, 0.1) is 0 Å². The summed E-state index contributed by atoms with van der Waals surface area (Å²) in [5.74, 6) is 2.08. The van der Waals surface area contributed by atoms with E-state index in [-0.39, 0.29) is 0 Å². The van der Waals surface area contributed by atoms with Crippen LogP contribution in [0, 0.1) is 5.92 Å². The number of benzene rings is 1. The Labute approximate surface area is 116 Å². The molecule has 2 nitrogen and oxygen atoms in total. The highest BCUT2D eigenvalue weighted by molar-refractivity contribution is 9.10. The lowest BCUT2D eigenvalue weighted by atomic mass is 9.96. The first-order chi connectivity index (χ1) is 8.25. The van der Waals surface area contributed by atoms with Crippen molar-refractivity contribution in [2.75, 3.05) is 24.6 Å². The Morgan fingerprint density at radius 2 is 2.12 bits per heavy atom. The molecule has 1 aromatic rings. The molecule has 4 heteroatoms. The molecule has 1 aliphatic rings. The molecule has 17 heavy (non-hydrogen) atoms. The number of nitrogen functional groups attached to an aromatic ring is 1. The zero-order valence-corrected chi connectivity index (χ0v) is 12.3. The molecule has 1 fully saturated rings. The number of rotatable bonds is 4. The van der Waals surface area contributed by atoms with Crippen LogP contribution in [0.2, 0.25) is 0 Å². The van der Waals surface area contributed by atoms with E-state index in [0.29, 0.717) is 0 Å². The molecular formula is C13H19BrN2S. The van der Waals surface area contributed by atoms with Crippen molar-refractivity contribution in [2.24, 2.45) is 5.92 Å². The largest absolute Gasteiger partial charge is 0.398 e. The van der Waals surface area contributed by atoms with Gasteiger partial charge in [0, 0.05) is 15.1 Å².